The van der Waals surface area contributed by atoms with Crippen LogP contribution in [-0.4, -0.2) is 16.7 Å². The van der Waals surface area contributed by atoms with Gasteiger partial charge in [0.25, 0.3) is 0 Å². The van der Waals surface area contributed by atoms with Crippen molar-refractivity contribution in [2.45, 2.75) is 6.92 Å². The minimum Gasteiger partial charge on any atom is -0.495 e. The zero-order valence-electron chi connectivity index (χ0n) is 11.7. The van der Waals surface area contributed by atoms with E-state index in [4.69, 9.17) is 17.0 Å². The van der Waals surface area contributed by atoms with Crippen LogP contribution in [0.4, 0.5) is 0 Å². The van der Waals surface area contributed by atoms with Crippen LogP contribution in [0.5, 0.6) is 5.75 Å². The zero-order valence-corrected chi connectivity index (χ0v) is 12.5. The molecule has 0 aliphatic rings. The predicted octanol–water partition coefficient (Wildman–Crippen LogP) is 3.88. The van der Waals surface area contributed by atoms with Crippen LogP contribution in [0.1, 0.15) is 11.1 Å². The summed E-state index contributed by atoms with van der Waals surface area (Å²) in [6.07, 6.45) is 0. The quantitative estimate of drug-likeness (QED) is 0.730. The van der Waals surface area contributed by atoms with Gasteiger partial charge in [0.15, 0.2) is 4.77 Å². The second kappa shape index (κ2) is 5.08. The second-order valence-corrected chi connectivity index (χ2v) is 5.09. The maximum atomic E-state index is 9.39. The van der Waals surface area contributed by atoms with Crippen molar-refractivity contribution in [2.24, 2.45) is 0 Å². The van der Waals surface area contributed by atoms with Crippen molar-refractivity contribution in [1.82, 2.24) is 9.55 Å². The van der Waals surface area contributed by atoms with Gasteiger partial charge in [-0.2, -0.15) is 5.26 Å². The predicted molar refractivity (Wildman–Crippen MR) is 84.5 cm³/mol. The lowest BCUT2D eigenvalue weighted by molar-refractivity contribution is 0.413. The van der Waals surface area contributed by atoms with E-state index in [2.05, 4.69) is 11.1 Å². The Bertz CT molecular complexity index is 931. The van der Waals surface area contributed by atoms with E-state index in [0.717, 1.165) is 16.6 Å². The summed E-state index contributed by atoms with van der Waals surface area (Å²) in [7, 11) is 1.59. The Labute approximate surface area is 127 Å². The third kappa shape index (κ3) is 2.01. The van der Waals surface area contributed by atoms with Gasteiger partial charge in [0.1, 0.15) is 17.5 Å². The summed E-state index contributed by atoms with van der Waals surface area (Å²) in [5.74, 6) is 0.618. The van der Waals surface area contributed by atoms with Gasteiger partial charge in [-0.05, 0) is 42.9 Å². The number of benzene rings is 2. The highest BCUT2D eigenvalue weighted by atomic mass is 32.1. The molecule has 104 valence electrons. The third-order valence-corrected chi connectivity index (χ3v) is 3.77. The van der Waals surface area contributed by atoms with Crippen molar-refractivity contribution < 1.29 is 4.74 Å². The first kappa shape index (κ1) is 13.4. The number of nitrogens with one attached hydrogen (secondary N) is 1. The van der Waals surface area contributed by atoms with Gasteiger partial charge in [0.05, 0.1) is 23.7 Å². The highest BCUT2D eigenvalue weighted by Crippen LogP contribution is 2.30. The van der Waals surface area contributed by atoms with Gasteiger partial charge in [-0.15, -0.1) is 0 Å². The van der Waals surface area contributed by atoms with E-state index in [9.17, 15) is 5.26 Å². The second-order valence-electron chi connectivity index (χ2n) is 4.70. The van der Waals surface area contributed by atoms with Crippen molar-refractivity contribution in [3.63, 3.8) is 0 Å². The molecular weight excluding hydrogens is 282 g/mol. The van der Waals surface area contributed by atoms with E-state index in [0.29, 0.717) is 21.8 Å². The van der Waals surface area contributed by atoms with Crippen LogP contribution in [0.25, 0.3) is 16.7 Å². The van der Waals surface area contributed by atoms with Crippen molar-refractivity contribution in [3.05, 3.63) is 52.3 Å². The Balaban J connectivity index is 2.48. The Morgan fingerprint density at radius 1 is 1.24 bits per heavy atom. The average molecular weight is 295 g/mol. The number of hydrogen-bond donors (Lipinski definition) is 1. The molecule has 0 atom stereocenters. The van der Waals surface area contributed by atoms with E-state index >= 15 is 0 Å². The van der Waals surface area contributed by atoms with Crippen LogP contribution >= 0.6 is 12.2 Å². The summed E-state index contributed by atoms with van der Waals surface area (Å²) >= 11 is 5.45. The van der Waals surface area contributed by atoms with Gasteiger partial charge >= 0.3 is 0 Å². The molecule has 0 saturated heterocycles. The molecule has 0 aliphatic carbocycles. The zero-order chi connectivity index (χ0) is 15.0. The van der Waals surface area contributed by atoms with Crippen molar-refractivity contribution in [1.29, 1.82) is 5.26 Å². The van der Waals surface area contributed by atoms with Gasteiger partial charge in [-0.1, -0.05) is 18.2 Å². The van der Waals surface area contributed by atoms with Crippen molar-refractivity contribution >= 4 is 23.3 Å². The lowest BCUT2D eigenvalue weighted by atomic mass is 10.1. The number of methoxy groups -OCH3 is 1. The fourth-order valence-corrected chi connectivity index (χ4v) is 2.80. The largest absolute Gasteiger partial charge is 0.495 e. The highest BCUT2D eigenvalue weighted by Gasteiger charge is 2.16. The van der Waals surface area contributed by atoms with Crippen LogP contribution < -0.4 is 4.74 Å². The maximum Gasteiger partial charge on any atom is 0.182 e. The number of imidazole rings is 1. The minimum absolute atomic E-state index is 0.521. The summed E-state index contributed by atoms with van der Waals surface area (Å²) in [5.41, 5.74) is 4.20. The van der Waals surface area contributed by atoms with Crippen LogP contribution in [0.3, 0.4) is 0 Å². The summed E-state index contributed by atoms with van der Waals surface area (Å²) < 4.78 is 7.81. The minimum atomic E-state index is 0.521. The summed E-state index contributed by atoms with van der Waals surface area (Å²) in [4.78, 5) is 3.21. The molecule has 0 saturated carbocycles. The molecule has 1 aromatic heterocycles. The Morgan fingerprint density at radius 3 is 2.71 bits per heavy atom. The van der Waals surface area contributed by atoms with Crippen molar-refractivity contribution in [2.75, 3.05) is 7.11 Å². The van der Waals surface area contributed by atoms with E-state index in [1.807, 2.05) is 35.8 Å². The monoisotopic (exact) mass is 295 g/mol. The van der Waals surface area contributed by atoms with Gasteiger partial charge in [-0.3, -0.25) is 4.57 Å². The number of hydrogen-bond acceptors (Lipinski definition) is 3. The molecule has 21 heavy (non-hydrogen) atoms. The molecule has 0 aliphatic heterocycles. The highest BCUT2D eigenvalue weighted by molar-refractivity contribution is 7.71. The Kier molecular flexibility index (Phi) is 3.24. The molecule has 1 heterocycles. The molecule has 3 rings (SSSR count). The van der Waals surface area contributed by atoms with Gasteiger partial charge in [0, 0.05) is 0 Å². The maximum absolute atomic E-state index is 9.39. The molecule has 0 radical (unpaired) electrons. The van der Waals surface area contributed by atoms with E-state index in [-0.39, 0.29) is 0 Å². The molecule has 1 N–H and O–H groups in total. The molecule has 2 aromatic carbocycles. The summed E-state index contributed by atoms with van der Waals surface area (Å²) in [6, 6.07) is 13.5. The first-order valence-corrected chi connectivity index (χ1v) is 6.86. The molecule has 5 heteroatoms. The van der Waals surface area contributed by atoms with E-state index in [1.165, 1.54) is 0 Å². The molecule has 0 bridgehead atoms. The number of ether oxygens (including phenoxy) is 1. The topological polar surface area (TPSA) is 53.7 Å². The van der Waals surface area contributed by atoms with Gasteiger partial charge in [-0.25, -0.2) is 0 Å². The number of H-pyrrole nitrogens is 1. The molecule has 4 nitrogen and oxygen atoms in total. The summed E-state index contributed by atoms with van der Waals surface area (Å²) in [5, 5.41) is 9.39. The smallest absolute Gasteiger partial charge is 0.182 e. The number of para-hydroxylation sites is 2. The van der Waals surface area contributed by atoms with E-state index < -0.39 is 0 Å². The number of rotatable bonds is 2. The van der Waals surface area contributed by atoms with Crippen LogP contribution in [-0.2, 0) is 0 Å². The first-order chi connectivity index (χ1) is 10.2. The third-order valence-electron chi connectivity index (χ3n) is 3.49. The SMILES string of the molecule is COc1cccc(C#N)c1-n1c(=S)[nH]c2c(C)cccc21. The fourth-order valence-electron chi connectivity index (χ4n) is 2.50. The average Bonchev–Trinajstić information content (AvgIpc) is 2.83. The number of aromatic nitrogens is 2. The normalized spacial score (nSPS) is 10.5. The molecular formula is C16H13N3OS. The standard InChI is InChI=1S/C16H13N3OS/c1-10-5-3-7-12-14(10)18-16(21)19(12)15-11(9-17)6-4-8-13(15)20-2/h3-8H,1-2H3,(H,18,21). The molecule has 0 amide bonds. The fraction of sp³-hybridized carbons (Fsp3) is 0.125. The van der Waals surface area contributed by atoms with E-state index in [1.54, 1.807) is 19.2 Å². The van der Waals surface area contributed by atoms with Gasteiger partial charge in [0.2, 0.25) is 0 Å². The Morgan fingerprint density at radius 2 is 2.00 bits per heavy atom. The van der Waals surface area contributed by atoms with Crippen LogP contribution in [0, 0.1) is 23.0 Å². The molecule has 0 unspecified atom stereocenters. The van der Waals surface area contributed by atoms with Crippen LogP contribution in [0.15, 0.2) is 36.4 Å². The number of nitrogens with zero attached hydrogens (tertiary/aromatic N) is 2. The first-order valence-electron chi connectivity index (χ1n) is 6.45. The number of aromatic amines is 1. The Hall–Kier alpha value is -2.58. The molecule has 0 spiro atoms. The number of nitriles is 1. The lowest BCUT2D eigenvalue weighted by Crippen LogP contribution is -2.01. The molecule has 3 aromatic rings. The lowest BCUT2D eigenvalue weighted by Gasteiger charge is -2.12. The summed E-state index contributed by atoms with van der Waals surface area (Å²) in [6.45, 7) is 2.02. The molecule has 0 fully saturated rings. The van der Waals surface area contributed by atoms with Crippen molar-refractivity contribution in [3.8, 4) is 17.5 Å². The number of aryl methyl sites for hydroxylation is 1. The van der Waals surface area contributed by atoms with Gasteiger partial charge < -0.3 is 9.72 Å². The number of fused-ring (bicyclic) bond motifs is 1. The van der Waals surface area contributed by atoms with Crippen LogP contribution in [0.2, 0.25) is 0 Å².